The minimum Gasteiger partial charge on any atom is -0.444 e. The van der Waals surface area contributed by atoms with Gasteiger partial charge in [-0.2, -0.15) is 0 Å². The van der Waals surface area contributed by atoms with E-state index in [1.165, 1.54) is 24.9 Å². The molecule has 2 aromatic rings. The molecule has 2 heterocycles. The molecule has 1 fully saturated rings. The van der Waals surface area contributed by atoms with Gasteiger partial charge in [0.1, 0.15) is 6.26 Å². The van der Waals surface area contributed by atoms with Gasteiger partial charge < -0.3 is 20.0 Å². The number of piperidine rings is 1. The molecule has 1 unspecified atom stereocenters. The van der Waals surface area contributed by atoms with Gasteiger partial charge in [0.25, 0.3) is 0 Å². The molecule has 0 amide bonds. The molecule has 1 aromatic heterocycles. The Morgan fingerprint density at radius 3 is 2.78 bits per heavy atom. The fourth-order valence-electron chi connectivity index (χ4n) is 3.29. The molecule has 0 bridgehead atoms. The van der Waals surface area contributed by atoms with Gasteiger partial charge in [-0.15, -0.1) is 24.0 Å². The molecule has 7 heteroatoms. The summed E-state index contributed by atoms with van der Waals surface area (Å²) in [5.74, 6) is 2.13. The number of hydrogen-bond donors (Lipinski definition) is 2. The Bertz CT molecular complexity index is 728. The predicted molar refractivity (Wildman–Crippen MR) is 121 cm³/mol. The summed E-state index contributed by atoms with van der Waals surface area (Å²) in [4.78, 5) is 11.3. The zero-order valence-electron chi connectivity index (χ0n) is 16.4. The second-order valence-corrected chi connectivity index (χ2v) is 7.09. The molecule has 1 aliphatic heterocycles. The zero-order valence-corrected chi connectivity index (χ0v) is 18.7. The third-order valence-corrected chi connectivity index (χ3v) is 4.79. The van der Waals surface area contributed by atoms with E-state index in [0.29, 0.717) is 18.4 Å². The summed E-state index contributed by atoms with van der Waals surface area (Å²) in [5, 5.41) is 6.74. The van der Waals surface area contributed by atoms with Crippen LogP contribution in [0.1, 0.15) is 24.1 Å². The number of aromatic nitrogens is 1. The lowest BCUT2D eigenvalue weighted by molar-refractivity contribution is 0.210. The van der Waals surface area contributed by atoms with E-state index in [-0.39, 0.29) is 24.0 Å². The lowest BCUT2D eigenvalue weighted by Gasteiger charge is -2.30. The number of nitrogens with one attached hydrogen (secondary N) is 2. The normalized spacial score (nSPS) is 18.0. The fraction of sp³-hybridized carbons (Fsp3) is 0.500. The van der Waals surface area contributed by atoms with E-state index >= 15 is 0 Å². The maximum Gasteiger partial charge on any atom is 0.226 e. The summed E-state index contributed by atoms with van der Waals surface area (Å²) in [6, 6.07) is 8.18. The molecule has 27 heavy (non-hydrogen) atoms. The first-order valence-electron chi connectivity index (χ1n) is 9.28. The number of nitrogens with zero attached hydrogens (tertiary/aromatic N) is 3. The van der Waals surface area contributed by atoms with Crippen molar-refractivity contribution < 1.29 is 4.42 Å². The van der Waals surface area contributed by atoms with Crippen LogP contribution >= 0.6 is 24.0 Å². The van der Waals surface area contributed by atoms with Crippen LogP contribution in [0.25, 0.3) is 11.5 Å². The number of halogens is 1. The van der Waals surface area contributed by atoms with Crippen LogP contribution in [0.4, 0.5) is 0 Å². The molecule has 148 valence electrons. The summed E-state index contributed by atoms with van der Waals surface area (Å²) >= 11 is 0. The zero-order chi connectivity index (χ0) is 18.4. The van der Waals surface area contributed by atoms with Gasteiger partial charge in [0, 0.05) is 25.7 Å². The number of oxazole rings is 1. The second-order valence-electron chi connectivity index (χ2n) is 7.09. The van der Waals surface area contributed by atoms with Gasteiger partial charge in [0.05, 0.1) is 12.2 Å². The Morgan fingerprint density at radius 1 is 1.30 bits per heavy atom. The molecule has 6 nitrogen and oxygen atoms in total. The Hall–Kier alpha value is -1.61. The van der Waals surface area contributed by atoms with Crippen molar-refractivity contribution in [2.45, 2.75) is 26.3 Å². The summed E-state index contributed by atoms with van der Waals surface area (Å²) in [6.07, 6.45) is 4.25. The summed E-state index contributed by atoms with van der Waals surface area (Å²) < 4.78 is 5.61. The number of rotatable bonds is 5. The van der Waals surface area contributed by atoms with Crippen LogP contribution < -0.4 is 10.6 Å². The van der Waals surface area contributed by atoms with Crippen molar-refractivity contribution in [2.24, 2.45) is 10.9 Å². The highest BCUT2D eigenvalue weighted by atomic mass is 127. The standard InChI is InChI=1S/C20H29N5O.HI/c1-15-6-8-17(9-7-15)19-24-18(14-26-19)12-23-20(21-2)22-11-16-5-4-10-25(3)13-16;/h6-9,14,16H,4-5,10-13H2,1-3H3,(H2,21,22,23);1H. The Balaban J connectivity index is 0.00000261. The molecule has 0 saturated carbocycles. The fourth-order valence-corrected chi connectivity index (χ4v) is 3.29. The number of likely N-dealkylation sites (tertiary alicyclic amines) is 1. The number of benzene rings is 1. The monoisotopic (exact) mass is 483 g/mol. The molecule has 1 atom stereocenters. The highest BCUT2D eigenvalue weighted by Crippen LogP contribution is 2.19. The smallest absolute Gasteiger partial charge is 0.226 e. The van der Waals surface area contributed by atoms with Crippen molar-refractivity contribution in [3.05, 3.63) is 41.8 Å². The minimum absolute atomic E-state index is 0. The van der Waals surface area contributed by atoms with Crippen molar-refractivity contribution in [3.63, 3.8) is 0 Å². The molecular weight excluding hydrogens is 453 g/mol. The molecule has 1 aromatic carbocycles. The number of hydrogen-bond acceptors (Lipinski definition) is 4. The second kappa shape index (κ2) is 10.7. The largest absolute Gasteiger partial charge is 0.444 e. The maximum absolute atomic E-state index is 5.61. The van der Waals surface area contributed by atoms with E-state index in [0.717, 1.165) is 30.3 Å². The molecule has 0 aliphatic carbocycles. The van der Waals surface area contributed by atoms with Crippen molar-refractivity contribution in [1.29, 1.82) is 0 Å². The van der Waals surface area contributed by atoms with Crippen molar-refractivity contribution in [2.75, 3.05) is 33.7 Å². The molecule has 1 saturated heterocycles. The van der Waals surface area contributed by atoms with Gasteiger partial charge in [-0.05, 0) is 51.4 Å². The summed E-state index contributed by atoms with van der Waals surface area (Å²) in [7, 11) is 3.98. The maximum atomic E-state index is 5.61. The van der Waals surface area contributed by atoms with E-state index in [4.69, 9.17) is 4.42 Å². The molecule has 0 radical (unpaired) electrons. The van der Waals surface area contributed by atoms with Crippen LogP contribution in [0, 0.1) is 12.8 Å². The number of aliphatic imine (C=N–C) groups is 1. The van der Waals surface area contributed by atoms with Crippen LogP contribution in [0.2, 0.25) is 0 Å². The third-order valence-electron chi connectivity index (χ3n) is 4.79. The summed E-state index contributed by atoms with van der Waals surface area (Å²) in [5.41, 5.74) is 3.08. The predicted octanol–water partition coefficient (Wildman–Crippen LogP) is 3.27. The van der Waals surface area contributed by atoms with Gasteiger partial charge in [-0.1, -0.05) is 17.7 Å². The summed E-state index contributed by atoms with van der Waals surface area (Å²) in [6.45, 7) is 5.95. The lowest BCUT2D eigenvalue weighted by Crippen LogP contribution is -2.43. The van der Waals surface area contributed by atoms with Crippen LogP contribution in [0.3, 0.4) is 0 Å². The van der Waals surface area contributed by atoms with Gasteiger partial charge >= 0.3 is 0 Å². The molecule has 1 aliphatic rings. The van der Waals surface area contributed by atoms with Gasteiger partial charge in [-0.3, -0.25) is 4.99 Å². The lowest BCUT2D eigenvalue weighted by atomic mass is 9.99. The highest BCUT2D eigenvalue weighted by Gasteiger charge is 2.17. The Morgan fingerprint density at radius 2 is 2.07 bits per heavy atom. The first-order chi connectivity index (χ1) is 12.6. The van der Waals surface area contributed by atoms with Gasteiger partial charge in [-0.25, -0.2) is 4.98 Å². The minimum atomic E-state index is 0. The van der Waals surface area contributed by atoms with E-state index in [1.54, 1.807) is 13.3 Å². The van der Waals surface area contributed by atoms with Crippen LogP contribution in [-0.4, -0.2) is 49.6 Å². The molecular formula is C20H30IN5O. The van der Waals surface area contributed by atoms with Crippen LogP contribution in [0.5, 0.6) is 0 Å². The quantitative estimate of drug-likeness (QED) is 0.388. The number of guanidine groups is 1. The Kier molecular flexibility index (Phi) is 8.56. The average Bonchev–Trinajstić information content (AvgIpc) is 3.11. The Labute approximate surface area is 178 Å². The first kappa shape index (κ1) is 21.7. The average molecular weight is 483 g/mol. The highest BCUT2D eigenvalue weighted by molar-refractivity contribution is 14.0. The molecule has 2 N–H and O–H groups in total. The van der Waals surface area contributed by atoms with E-state index < -0.39 is 0 Å². The molecule has 3 rings (SSSR count). The first-order valence-corrected chi connectivity index (χ1v) is 9.28. The van der Waals surface area contributed by atoms with Gasteiger partial charge in [0.15, 0.2) is 5.96 Å². The SMILES string of the molecule is CN=C(NCc1coc(-c2ccc(C)cc2)n1)NCC1CCCN(C)C1.I. The third kappa shape index (κ3) is 6.49. The van der Waals surface area contributed by atoms with Crippen LogP contribution in [0.15, 0.2) is 39.9 Å². The molecule has 0 spiro atoms. The van der Waals surface area contributed by atoms with E-state index in [2.05, 4.69) is 51.6 Å². The van der Waals surface area contributed by atoms with Crippen molar-refractivity contribution in [1.82, 2.24) is 20.5 Å². The van der Waals surface area contributed by atoms with Crippen LogP contribution in [-0.2, 0) is 6.54 Å². The van der Waals surface area contributed by atoms with Crippen molar-refractivity contribution in [3.8, 4) is 11.5 Å². The van der Waals surface area contributed by atoms with Gasteiger partial charge in [0.2, 0.25) is 5.89 Å². The van der Waals surface area contributed by atoms with Crippen molar-refractivity contribution >= 4 is 29.9 Å². The topological polar surface area (TPSA) is 65.7 Å². The number of aryl methyl sites for hydroxylation is 1. The van der Waals surface area contributed by atoms with E-state index in [1.807, 2.05) is 12.1 Å². The van der Waals surface area contributed by atoms with E-state index in [9.17, 15) is 0 Å².